The van der Waals surface area contributed by atoms with Gasteiger partial charge in [0.2, 0.25) is 0 Å². The molecule has 0 spiro atoms. The number of carbonyl (C=O) groups is 1. The molecule has 1 amide bonds. The number of halogens is 1. The number of aromatic nitrogens is 1. The zero-order valence-corrected chi connectivity index (χ0v) is 14.9. The summed E-state index contributed by atoms with van der Waals surface area (Å²) >= 11 is 0. The number of pyridine rings is 1. The van der Waals surface area contributed by atoms with Gasteiger partial charge in [-0.05, 0) is 42.7 Å². The average Bonchev–Trinajstić information content (AvgIpc) is 2.71. The molecular formula is C20H21FN4O2. The Hall–Kier alpha value is -3.22. The van der Waals surface area contributed by atoms with Crippen LogP contribution >= 0.6 is 0 Å². The van der Waals surface area contributed by atoms with E-state index >= 15 is 0 Å². The van der Waals surface area contributed by atoms with Gasteiger partial charge in [-0.2, -0.15) is 5.10 Å². The quantitative estimate of drug-likeness (QED) is 0.597. The number of rotatable bonds is 5. The van der Waals surface area contributed by atoms with Gasteiger partial charge in [0.25, 0.3) is 0 Å². The largest absolute Gasteiger partial charge is 0.415 e. The van der Waals surface area contributed by atoms with E-state index in [2.05, 4.69) is 16.7 Å². The van der Waals surface area contributed by atoms with E-state index in [1.165, 1.54) is 18.3 Å². The molecule has 2 aromatic rings. The van der Waals surface area contributed by atoms with Gasteiger partial charge in [0.15, 0.2) is 5.75 Å². The molecule has 1 saturated heterocycles. The maximum Gasteiger partial charge on any atom is 0.415 e. The number of benzene rings is 1. The molecule has 1 fully saturated rings. The molecule has 3 rings (SSSR count). The summed E-state index contributed by atoms with van der Waals surface area (Å²) in [5.41, 5.74) is 0.806. The standard InChI is InChI=1S/C20H21FN4O2/c1-2-25(23-14-16-5-7-17(21)8-6-16)18-9-12-24(13-10-18)20(26)27-19-4-3-11-22-15-19/h2-8,11,14-15,18H,1,9-10,12-13H2/b23-14+. The summed E-state index contributed by atoms with van der Waals surface area (Å²) in [6.07, 6.45) is 7.58. The number of ether oxygens (including phenoxy) is 1. The fraction of sp³-hybridized carbons (Fsp3) is 0.250. The van der Waals surface area contributed by atoms with Crippen LogP contribution in [-0.2, 0) is 0 Å². The van der Waals surface area contributed by atoms with Crippen LogP contribution < -0.4 is 4.74 Å². The summed E-state index contributed by atoms with van der Waals surface area (Å²) in [4.78, 5) is 17.8. The lowest BCUT2D eigenvalue weighted by Gasteiger charge is -2.34. The minimum atomic E-state index is -0.374. The number of amides is 1. The monoisotopic (exact) mass is 368 g/mol. The Balaban J connectivity index is 1.53. The van der Waals surface area contributed by atoms with Crippen LogP contribution in [0.25, 0.3) is 0 Å². The lowest BCUT2D eigenvalue weighted by molar-refractivity contribution is 0.118. The second kappa shape index (κ2) is 8.93. The Morgan fingerprint density at radius 1 is 1.30 bits per heavy atom. The Kier molecular flexibility index (Phi) is 6.14. The number of hydrogen-bond donors (Lipinski definition) is 0. The number of hydrazone groups is 1. The van der Waals surface area contributed by atoms with Crippen molar-refractivity contribution in [2.75, 3.05) is 13.1 Å². The minimum absolute atomic E-state index is 0.140. The van der Waals surface area contributed by atoms with Crippen LogP contribution in [0, 0.1) is 5.82 Å². The summed E-state index contributed by atoms with van der Waals surface area (Å²) in [5.74, 6) is 0.152. The number of hydrogen-bond acceptors (Lipinski definition) is 5. The van der Waals surface area contributed by atoms with E-state index in [9.17, 15) is 9.18 Å². The van der Waals surface area contributed by atoms with E-state index in [0.717, 1.165) is 18.4 Å². The molecule has 0 aliphatic carbocycles. The van der Waals surface area contributed by atoms with Crippen LogP contribution in [-0.4, -0.2) is 46.3 Å². The van der Waals surface area contributed by atoms with Crippen LogP contribution in [0.1, 0.15) is 18.4 Å². The highest BCUT2D eigenvalue weighted by molar-refractivity contribution is 5.79. The Morgan fingerprint density at radius 3 is 2.67 bits per heavy atom. The highest BCUT2D eigenvalue weighted by atomic mass is 19.1. The van der Waals surface area contributed by atoms with Gasteiger partial charge in [0.1, 0.15) is 5.82 Å². The van der Waals surface area contributed by atoms with Crippen molar-refractivity contribution in [3.05, 3.63) is 73.0 Å². The minimum Gasteiger partial charge on any atom is -0.409 e. The van der Waals surface area contributed by atoms with Gasteiger partial charge >= 0.3 is 6.09 Å². The molecule has 0 unspecified atom stereocenters. The van der Waals surface area contributed by atoms with Gasteiger partial charge in [-0.15, -0.1) is 0 Å². The molecular weight excluding hydrogens is 347 g/mol. The third-order valence-corrected chi connectivity index (χ3v) is 4.33. The molecule has 6 nitrogen and oxygen atoms in total. The maximum atomic E-state index is 13.0. The number of nitrogens with zero attached hydrogens (tertiary/aromatic N) is 4. The fourth-order valence-electron chi connectivity index (χ4n) is 2.86. The molecule has 0 radical (unpaired) electrons. The summed E-state index contributed by atoms with van der Waals surface area (Å²) in [7, 11) is 0. The van der Waals surface area contributed by atoms with Gasteiger partial charge < -0.3 is 9.64 Å². The highest BCUT2D eigenvalue weighted by Crippen LogP contribution is 2.19. The zero-order valence-electron chi connectivity index (χ0n) is 14.9. The molecule has 1 aliphatic rings. The fourth-order valence-corrected chi connectivity index (χ4v) is 2.86. The van der Waals surface area contributed by atoms with Gasteiger partial charge in [0.05, 0.1) is 18.5 Å². The predicted octanol–water partition coefficient (Wildman–Crippen LogP) is 3.66. The summed E-state index contributed by atoms with van der Waals surface area (Å²) in [6, 6.07) is 9.67. The Morgan fingerprint density at radius 2 is 2.04 bits per heavy atom. The predicted molar refractivity (Wildman–Crippen MR) is 101 cm³/mol. The first kappa shape index (κ1) is 18.6. The second-order valence-corrected chi connectivity index (χ2v) is 6.13. The molecule has 0 bridgehead atoms. The number of likely N-dealkylation sites (tertiary alicyclic amines) is 1. The van der Waals surface area contributed by atoms with Gasteiger partial charge in [-0.25, -0.2) is 9.18 Å². The molecule has 0 atom stereocenters. The van der Waals surface area contributed by atoms with Crippen molar-refractivity contribution in [3.63, 3.8) is 0 Å². The van der Waals surface area contributed by atoms with E-state index in [4.69, 9.17) is 4.74 Å². The van der Waals surface area contributed by atoms with Gasteiger partial charge in [-0.1, -0.05) is 18.7 Å². The Bertz CT molecular complexity index is 787. The van der Waals surface area contributed by atoms with E-state index in [-0.39, 0.29) is 18.0 Å². The molecule has 7 heteroatoms. The van der Waals surface area contributed by atoms with Crippen molar-refractivity contribution in [2.45, 2.75) is 18.9 Å². The SMILES string of the molecule is C=CN(/N=C/c1ccc(F)cc1)C1CCN(C(=O)Oc2cccnc2)CC1. The molecule has 1 aromatic heterocycles. The van der Waals surface area contributed by atoms with Crippen LogP contribution in [0.3, 0.4) is 0 Å². The molecule has 140 valence electrons. The number of carbonyl (C=O) groups excluding carboxylic acids is 1. The first-order valence-corrected chi connectivity index (χ1v) is 8.73. The average molecular weight is 368 g/mol. The number of piperidine rings is 1. The zero-order chi connectivity index (χ0) is 19.1. The van der Waals surface area contributed by atoms with Crippen molar-refractivity contribution in [1.82, 2.24) is 14.9 Å². The van der Waals surface area contributed by atoms with Crippen LogP contribution in [0.5, 0.6) is 5.75 Å². The molecule has 0 saturated carbocycles. The Labute approximate surface area is 157 Å². The smallest absolute Gasteiger partial charge is 0.409 e. The summed E-state index contributed by atoms with van der Waals surface area (Å²) in [6.45, 7) is 4.95. The van der Waals surface area contributed by atoms with Crippen molar-refractivity contribution in [3.8, 4) is 5.75 Å². The summed E-state index contributed by atoms with van der Waals surface area (Å²) < 4.78 is 18.3. The highest BCUT2D eigenvalue weighted by Gasteiger charge is 2.26. The van der Waals surface area contributed by atoms with E-state index in [0.29, 0.717) is 18.8 Å². The van der Waals surface area contributed by atoms with Crippen molar-refractivity contribution in [1.29, 1.82) is 0 Å². The first-order chi connectivity index (χ1) is 13.2. The van der Waals surface area contributed by atoms with E-state index in [1.807, 2.05) is 0 Å². The normalized spacial score (nSPS) is 14.9. The molecule has 0 N–H and O–H groups in total. The lowest BCUT2D eigenvalue weighted by atomic mass is 10.1. The molecule has 2 heterocycles. The van der Waals surface area contributed by atoms with E-state index in [1.54, 1.807) is 52.8 Å². The lowest BCUT2D eigenvalue weighted by Crippen LogP contribution is -2.45. The van der Waals surface area contributed by atoms with Crippen LogP contribution in [0.4, 0.5) is 9.18 Å². The third-order valence-electron chi connectivity index (χ3n) is 4.33. The first-order valence-electron chi connectivity index (χ1n) is 8.73. The third kappa shape index (κ3) is 5.13. The van der Waals surface area contributed by atoms with Crippen molar-refractivity contribution >= 4 is 12.3 Å². The topological polar surface area (TPSA) is 58.0 Å². The molecule has 1 aromatic carbocycles. The van der Waals surface area contributed by atoms with Gasteiger partial charge in [-0.3, -0.25) is 9.99 Å². The van der Waals surface area contributed by atoms with Crippen LogP contribution in [0.2, 0.25) is 0 Å². The van der Waals surface area contributed by atoms with E-state index < -0.39 is 0 Å². The van der Waals surface area contributed by atoms with Crippen molar-refractivity contribution < 1.29 is 13.9 Å². The van der Waals surface area contributed by atoms with Crippen LogP contribution in [0.15, 0.2) is 66.7 Å². The molecule has 1 aliphatic heterocycles. The van der Waals surface area contributed by atoms with Crippen molar-refractivity contribution in [2.24, 2.45) is 5.10 Å². The second-order valence-electron chi connectivity index (χ2n) is 6.13. The summed E-state index contributed by atoms with van der Waals surface area (Å²) in [5, 5.41) is 6.21. The maximum absolute atomic E-state index is 13.0. The van der Waals surface area contributed by atoms with Gasteiger partial charge in [0, 0.05) is 25.5 Å². The molecule has 27 heavy (non-hydrogen) atoms.